The molecule has 1 N–H and O–H groups in total. The van der Waals surface area contributed by atoms with E-state index in [1.807, 2.05) is 0 Å². The van der Waals surface area contributed by atoms with Crippen LogP contribution < -0.4 is 0 Å². The molecule has 6 heteroatoms. The molecule has 0 atom stereocenters. The van der Waals surface area contributed by atoms with Crippen LogP contribution in [-0.4, -0.2) is 54.7 Å². The molecule has 1 aliphatic rings. The van der Waals surface area contributed by atoms with Crippen LogP contribution in [0.1, 0.15) is 39.0 Å². The topological polar surface area (TPSA) is 71.6 Å². The Morgan fingerprint density at radius 1 is 1.30 bits per heavy atom. The van der Waals surface area contributed by atoms with Crippen LogP contribution in [0.2, 0.25) is 0 Å². The third-order valence-corrected chi connectivity index (χ3v) is 3.43. The Balaban J connectivity index is 2.26. The minimum atomic E-state index is -0.389. The van der Waals surface area contributed by atoms with Gasteiger partial charge < -0.3 is 19.4 Å². The van der Waals surface area contributed by atoms with Gasteiger partial charge in [-0.15, -0.1) is 0 Å². The number of ether oxygens (including phenoxy) is 2. The number of aromatic nitrogens is 1. The number of carbonyl (C=O) groups is 2. The number of H-pyrrole nitrogens is 1. The second-order valence-electron chi connectivity index (χ2n) is 4.75. The first kappa shape index (κ1) is 14.6. The average Bonchev–Trinajstić information content (AvgIpc) is 2.74. The summed E-state index contributed by atoms with van der Waals surface area (Å²) in [5.74, 6) is -0.482. The van der Waals surface area contributed by atoms with Gasteiger partial charge in [0, 0.05) is 18.8 Å². The number of carbonyl (C=O) groups excluding carboxylic acids is 2. The van der Waals surface area contributed by atoms with E-state index >= 15 is 0 Å². The second kappa shape index (κ2) is 6.09. The molecule has 0 radical (unpaired) electrons. The van der Waals surface area contributed by atoms with Crippen molar-refractivity contribution in [3.05, 3.63) is 22.5 Å². The van der Waals surface area contributed by atoms with Crippen LogP contribution in [0.25, 0.3) is 0 Å². The van der Waals surface area contributed by atoms with Crippen LogP contribution in [0.4, 0.5) is 0 Å². The lowest BCUT2D eigenvalue weighted by Crippen LogP contribution is -2.41. The molecule has 20 heavy (non-hydrogen) atoms. The number of aryl methyl sites for hydroxylation is 1. The molecule has 0 aromatic carbocycles. The summed E-state index contributed by atoms with van der Waals surface area (Å²) in [4.78, 5) is 29.1. The van der Waals surface area contributed by atoms with E-state index in [9.17, 15) is 9.59 Å². The minimum absolute atomic E-state index is 0.0931. The first-order chi connectivity index (χ1) is 9.56. The van der Waals surface area contributed by atoms with E-state index in [1.54, 1.807) is 25.7 Å². The summed E-state index contributed by atoms with van der Waals surface area (Å²) in [6.45, 7) is 7.87. The van der Waals surface area contributed by atoms with Gasteiger partial charge in [0.1, 0.15) is 5.69 Å². The molecular weight excluding hydrogens is 260 g/mol. The molecule has 0 unspecified atom stereocenters. The number of amides is 1. The van der Waals surface area contributed by atoms with E-state index in [0.717, 1.165) is 0 Å². The van der Waals surface area contributed by atoms with E-state index in [-0.39, 0.29) is 11.9 Å². The quantitative estimate of drug-likeness (QED) is 0.847. The largest absolute Gasteiger partial charge is 0.462 e. The zero-order chi connectivity index (χ0) is 14.7. The lowest BCUT2D eigenvalue weighted by atomic mass is 10.1. The van der Waals surface area contributed by atoms with Crippen LogP contribution in [0, 0.1) is 13.8 Å². The van der Waals surface area contributed by atoms with Crippen molar-refractivity contribution in [2.45, 2.75) is 20.8 Å². The number of nitrogens with zero attached hydrogens (tertiary/aromatic N) is 1. The highest BCUT2D eigenvalue weighted by atomic mass is 16.5. The van der Waals surface area contributed by atoms with Crippen molar-refractivity contribution in [3.8, 4) is 0 Å². The van der Waals surface area contributed by atoms with Crippen molar-refractivity contribution >= 4 is 11.9 Å². The molecule has 1 amide bonds. The van der Waals surface area contributed by atoms with E-state index in [2.05, 4.69) is 4.98 Å². The minimum Gasteiger partial charge on any atom is -0.462 e. The van der Waals surface area contributed by atoms with Crippen molar-refractivity contribution in [2.24, 2.45) is 0 Å². The molecule has 0 saturated carbocycles. The van der Waals surface area contributed by atoms with E-state index in [0.29, 0.717) is 55.4 Å². The van der Waals surface area contributed by atoms with E-state index in [1.165, 1.54) is 0 Å². The number of rotatable bonds is 3. The third kappa shape index (κ3) is 2.70. The standard InChI is InChI=1S/C14H20N2O4/c1-4-20-14(18)11-9(2)12(15-10(11)3)13(17)16-5-7-19-8-6-16/h15H,4-8H2,1-3H3. The average molecular weight is 280 g/mol. The fourth-order valence-electron chi connectivity index (χ4n) is 2.40. The summed E-state index contributed by atoms with van der Waals surface area (Å²) in [7, 11) is 0. The number of hydrogen-bond donors (Lipinski definition) is 1. The van der Waals surface area contributed by atoms with Crippen molar-refractivity contribution in [1.82, 2.24) is 9.88 Å². The molecule has 6 nitrogen and oxygen atoms in total. The number of morpholine rings is 1. The molecule has 2 heterocycles. The van der Waals surface area contributed by atoms with Gasteiger partial charge in [-0.3, -0.25) is 4.79 Å². The SMILES string of the molecule is CCOC(=O)c1c(C)[nH]c(C(=O)N2CCOCC2)c1C. The highest BCUT2D eigenvalue weighted by Gasteiger charge is 2.26. The van der Waals surface area contributed by atoms with Crippen molar-refractivity contribution in [1.29, 1.82) is 0 Å². The molecule has 1 saturated heterocycles. The van der Waals surface area contributed by atoms with Crippen LogP contribution in [0.5, 0.6) is 0 Å². The molecule has 1 aromatic heterocycles. The smallest absolute Gasteiger partial charge is 0.340 e. The van der Waals surface area contributed by atoms with Crippen LogP contribution in [0.15, 0.2) is 0 Å². The third-order valence-electron chi connectivity index (χ3n) is 3.43. The Bertz CT molecular complexity index is 515. The maximum atomic E-state index is 12.5. The summed E-state index contributed by atoms with van der Waals surface area (Å²) in [5, 5.41) is 0. The molecule has 1 fully saturated rings. The first-order valence-electron chi connectivity index (χ1n) is 6.79. The van der Waals surface area contributed by atoms with Gasteiger partial charge in [-0.2, -0.15) is 0 Å². The number of esters is 1. The Morgan fingerprint density at radius 2 is 1.95 bits per heavy atom. The molecule has 1 aliphatic heterocycles. The van der Waals surface area contributed by atoms with E-state index in [4.69, 9.17) is 9.47 Å². The molecular formula is C14H20N2O4. The molecule has 0 bridgehead atoms. The Hall–Kier alpha value is -1.82. The zero-order valence-corrected chi connectivity index (χ0v) is 12.1. The Morgan fingerprint density at radius 3 is 2.55 bits per heavy atom. The van der Waals surface area contributed by atoms with Gasteiger partial charge in [0.15, 0.2) is 0 Å². The van der Waals surface area contributed by atoms with Gasteiger partial charge >= 0.3 is 5.97 Å². The van der Waals surface area contributed by atoms with Gasteiger partial charge in [0.25, 0.3) is 5.91 Å². The second-order valence-corrected chi connectivity index (χ2v) is 4.75. The summed E-state index contributed by atoms with van der Waals surface area (Å²) < 4.78 is 10.3. The maximum absolute atomic E-state index is 12.5. The first-order valence-corrected chi connectivity index (χ1v) is 6.79. The highest BCUT2D eigenvalue weighted by Crippen LogP contribution is 2.20. The monoisotopic (exact) mass is 280 g/mol. The number of aromatic amines is 1. The summed E-state index contributed by atoms with van der Waals surface area (Å²) >= 11 is 0. The summed E-state index contributed by atoms with van der Waals surface area (Å²) in [6.07, 6.45) is 0. The van der Waals surface area contributed by atoms with Crippen molar-refractivity contribution in [2.75, 3.05) is 32.9 Å². The normalized spacial score (nSPS) is 15.2. The number of hydrogen-bond acceptors (Lipinski definition) is 4. The van der Waals surface area contributed by atoms with Gasteiger partial charge in [-0.1, -0.05) is 0 Å². The molecule has 110 valence electrons. The van der Waals surface area contributed by atoms with Crippen LogP contribution in [0.3, 0.4) is 0 Å². The molecule has 0 aliphatic carbocycles. The van der Waals surface area contributed by atoms with Gasteiger partial charge in [0.2, 0.25) is 0 Å². The predicted molar refractivity (Wildman–Crippen MR) is 72.9 cm³/mol. The zero-order valence-electron chi connectivity index (χ0n) is 12.1. The highest BCUT2D eigenvalue weighted by molar-refractivity contribution is 6.00. The Labute approximate surface area is 118 Å². The van der Waals surface area contributed by atoms with Crippen LogP contribution >= 0.6 is 0 Å². The van der Waals surface area contributed by atoms with Crippen molar-refractivity contribution in [3.63, 3.8) is 0 Å². The fourth-order valence-corrected chi connectivity index (χ4v) is 2.40. The summed E-state index contributed by atoms with van der Waals surface area (Å²) in [6, 6.07) is 0. The van der Waals surface area contributed by atoms with Crippen molar-refractivity contribution < 1.29 is 19.1 Å². The molecule has 2 rings (SSSR count). The molecule has 0 spiro atoms. The Kier molecular flexibility index (Phi) is 4.44. The van der Waals surface area contributed by atoms with Gasteiger partial charge in [0.05, 0.1) is 25.4 Å². The maximum Gasteiger partial charge on any atom is 0.340 e. The number of nitrogens with one attached hydrogen (secondary N) is 1. The lowest BCUT2D eigenvalue weighted by molar-refractivity contribution is 0.0299. The lowest BCUT2D eigenvalue weighted by Gasteiger charge is -2.26. The van der Waals surface area contributed by atoms with E-state index < -0.39 is 0 Å². The summed E-state index contributed by atoms with van der Waals surface area (Å²) in [5.41, 5.74) is 2.24. The van der Waals surface area contributed by atoms with Crippen LogP contribution in [-0.2, 0) is 9.47 Å². The predicted octanol–water partition coefficient (Wildman–Crippen LogP) is 1.28. The molecule has 1 aromatic rings. The fraction of sp³-hybridized carbons (Fsp3) is 0.571. The van der Waals surface area contributed by atoms with Gasteiger partial charge in [-0.25, -0.2) is 4.79 Å². The van der Waals surface area contributed by atoms with Gasteiger partial charge in [-0.05, 0) is 26.3 Å².